The van der Waals surface area contributed by atoms with E-state index in [9.17, 15) is 34.6 Å². The van der Waals surface area contributed by atoms with Crippen LogP contribution in [-0.2, 0) is 25.5 Å². The number of aryl methyl sites for hydroxylation is 1. The Bertz CT molecular complexity index is 2600. The maximum atomic E-state index is 10.9. The van der Waals surface area contributed by atoms with Gasteiger partial charge >= 0.3 is 23.3 Å². The monoisotopic (exact) mass is 985 g/mol. The van der Waals surface area contributed by atoms with Crippen molar-refractivity contribution < 1.29 is 67.6 Å². The standard InChI is InChI=1S/C11H11NO5.C11H13NO3.C10H15NO2.C10H13NO2.C8H7NO4/c1-16-10-5-3-8(4-6-11(13)17-2)7-9(10)12(14)15;1-14-10-5-3-8(7-9(10)12)4-6-11(13)15-2;2*1-13-10-5-4-8(3-2-6-12)7-9(10)11;1-13-8-3-2-6(5-10)4-7(8)9(11)12/h3-7H,1-2H3;3-7H,12H2,1-2H3;4-5,7,12H,2-3,6,11H2,1H3;2-5,7,12H,6,11H2,1H3;2-5H,1H3/b2*6-4+;;3-2+;. The number of nitrogens with zero attached hydrogens (tertiary/aromatic N) is 2. The lowest BCUT2D eigenvalue weighted by Gasteiger charge is -2.06. The average molecular weight is 986 g/mol. The molecule has 0 radical (unpaired) electrons. The van der Waals surface area contributed by atoms with Crippen LogP contribution in [0.3, 0.4) is 0 Å². The van der Waals surface area contributed by atoms with E-state index in [0.717, 1.165) is 29.5 Å². The Hall–Kier alpha value is -8.95. The lowest BCUT2D eigenvalue weighted by Crippen LogP contribution is -1.95. The van der Waals surface area contributed by atoms with Crippen molar-refractivity contribution in [3.05, 3.63) is 157 Å². The molecule has 0 amide bonds. The predicted octanol–water partition coefficient (Wildman–Crippen LogP) is 7.15. The summed E-state index contributed by atoms with van der Waals surface area (Å²) in [6.45, 7) is 0.248. The molecule has 21 heteroatoms. The van der Waals surface area contributed by atoms with Gasteiger partial charge in [-0.1, -0.05) is 36.4 Å². The first-order valence-electron chi connectivity index (χ1n) is 20.8. The smallest absolute Gasteiger partial charge is 0.330 e. The third-order valence-corrected chi connectivity index (χ3v) is 9.00. The minimum atomic E-state index is -0.591. The molecule has 71 heavy (non-hydrogen) atoms. The van der Waals surface area contributed by atoms with Gasteiger partial charge in [-0.2, -0.15) is 0 Å². The van der Waals surface area contributed by atoms with E-state index in [4.69, 9.17) is 51.1 Å². The molecule has 0 bridgehead atoms. The number of methoxy groups -OCH3 is 7. The SMILES string of the molecule is COC(=O)/C=C/c1ccc(OC)c(N)c1.COC(=O)/C=C/c1ccc(OC)c([N+](=O)[O-])c1.COc1ccc(/C=C/CO)cc1N.COc1ccc(C=O)cc1[N+](=O)[O-].COc1ccc(CCCO)cc1N. The third kappa shape index (κ3) is 22.1. The molecule has 0 atom stereocenters. The van der Waals surface area contributed by atoms with Crippen molar-refractivity contribution in [3.8, 4) is 28.7 Å². The zero-order chi connectivity index (χ0) is 53.3. The van der Waals surface area contributed by atoms with Gasteiger partial charge in [0.25, 0.3) is 0 Å². The lowest BCUT2D eigenvalue weighted by atomic mass is 10.1. The summed E-state index contributed by atoms with van der Waals surface area (Å²) in [4.78, 5) is 52.1. The number of benzene rings is 5. The van der Waals surface area contributed by atoms with Crippen LogP contribution in [-0.4, -0.2) is 101 Å². The first-order chi connectivity index (χ1) is 34.0. The van der Waals surface area contributed by atoms with Gasteiger partial charge in [0, 0.05) is 36.5 Å². The van der Waals surface area contributed by atoms with Crippen LogP contribution in [0.2, 0.25) is 0 Å². The minimum Gasteiger partial charge on any atom is -0.495 e. The molecule has 0 heterocycles. The molecular formula is C50H59N5O16. The molecule has 0 fully saturated rings. The number of esters is 2. The number of aliphatic hydroxyl groups excluding tert-OH is 2. The maximum Gasteiger partial charge on any atom is 0.330 e. The molecule has 0 aliphatic heterocycles. The van der Waals surface area contributed by atoms with Crippen molar-refractivity contribution in [1.82, 2.24) is 0 Å². The highest BCUT2D eigenvalue weighted by molar-refractivity contribution is 5.87. The van der Waals surface area contributed by atoms with Crippen molar-refractivity contribution in [3.63, 3.8) is 0 Å². The zero-order valence-electron chi connectivity index (χ0n) is 40.3. The van der Waals surface area contributed by atoms with E-state index >= 15 is 0 Å². The van der Waals surface area contributed by atoms with Gasteiger partial charge in [0.2, 0.25) is 0 Å². The topological polar surface area (TPSA) is 321 Å². The van der Waals surface area contributed by atoms with E-state index in [1.54, 1.807) is 76.0 Å². The number of nitro benzene ring substituents is 2. The van der Waals surface area contributed by atoms with E-state index in [1.807, 2.05) is 24.3 Å². The number of aldehydes is 1. The Kier molecular flexibility index (Phi) is 28.4. The van der Waals surface area contributed by atoms with Crippen molar-refractivity contribution in [2.24, 2.45) is 0 Å². The maximum absolute atomic E-state index is 10.9. The number of rotatable bonds is 17. The Balaban J connectivity index is 0.000000446. The predicted molar refractivity (Wildman–Crippen MR) is 271 cm³/mol. The average Bonchev–Trinajstić information content (AvgIpc) is 3.38. The van der Waals surface area contributed by atoms with Crippen molar-refractivity contribution >= 4 is 64.9 Å². The number of carbonyl (C=O) groups is 3. The van der Waals surface area contributed by atoms with Crippen LogP contribution in [0.25, 0.3) is 18.2 Å². The fourth-order valence-corrected chi connectivity index (χ4v) is 5.47. The number of aliphatic hydroxyl groups is 2. The number of nitrogens with two attached hydrogens (primary N) is 3. The first kappa shape index (κ1) is 60.1. The highest BCUT2D eigenvalue weighted by atomic mass is 16.6. The Morgan fingerprint density at radius 1 is 0.535 bits per heavy atom. The molecule has 0 aliphatic rings. The van der Waals surface area contributed by atoms with Crippen LogP contribution < -0.4 is 40.9 Å². The lowest BCUT2D eigenvalue weighted by molar-refractivity contribution is -0.385. The van der Waals surface area contributed by atoms with Crippen LogP contribution in [0, 0.1) is 20.2 Å². The second-order valence-corrected chi connectivity index (χ2v) is 13.7. The Morgan fingerprint density at radius 2 is 0.901 bits per heavy atom. The van der Waals surface area contributed by atoms with Crippen LogP contribution in [0.1, 0.15) is 39.0 Å². The van der Waals surface area contributed by atoms with Gasteiger partial charge in [-0.25, -0.2) is 9.59 Å². The molecule has 0 aromatic heterocycles. The summed E-state index contributed by atoms with van der Waals surface area (Å²) in [6.07, 6.45) is 11.2. The van der Waals surface area contributed by atoms with E-state index in [2.05, 4.69) is 9.47 Å². The molecule has 21 nitrogen and oxygen atoms in total. The number of anilines is 3. The summed E-state index contributed by atoms with van der Waals surface area (Å²) >= 11 is 0. The molecular weight excluding hydrogens is 927 g/mol. The number of nitro groups is 2. The molecule has 5 aromatic rings. The summed E-state index contributed by atoms with van der Waals surface area (Å²) < 4.78 is 33.5. The van der Waals surface area contributed by atoms with Gasteiger partial charge < -0.3 is 60.6 Å². The van der Waals surface area contributed by atoms with Crippen LogP contribution >= 0.6 is 0 Å². The van der Waals surface area contributed by atoms with Crippen LogP contribution in [0.15, 0.2) is 109 Å². The summed E-state index contributed by atoms with van der Waals surface area (Å²) in [5.41, 5.74) is 22.2. The quantitative estimate of drug-likeness (QED) is 0.0154. The highest BCUT2D eigenvalue weighted by Crippen LogP contribution is 2.29. The minimum absolute atomic E-state index is 0.0337. The van der Waals surface area contributed by atoms with E-state index in [1.165, 1.54) is 77.0 Å². The molecule has 380 valence electrons. The van der Waals surface area contributed by atoms with Gasteiger partial charge in [0.15, 0.2) is 11.5 Å². The Labute approximate surface area is 410 Å². The second-order valence-electron chi connectivity index (χ2n) is 13.7. The van der Waals surface area contributed by atoms with E-state index in [0.29, 0.717) is 46.2 Å². The van der Waals surface area contributed by atoms with Gasteiger partial charge in [-0.05, 0) is 102 Å². The summed E-state index contributed by atoms with van der Waals surface area (Å²) in [7, 11) is 10.00. The van der Waals surface area contributed by atoms with Crippen molar-refractivity contribution in [1.29, 1.82) is 0 Å². The molecule has 0 spiro atoms. The molecule has 5 aromatic carbocycles. The molecule has 0 saturated carbocycles. The molecule has 0 saturated heterocycles. The van der Waals surface area contributed by atoms with Crippen LogP contribution in [0.4, 0.5) is 28.4 Å². The van der Waals surface area contributed by atoms with Crippen molar-refractivity contribution in [2.75, 3.05) is 80.2 Å². The normalized spacial score (nSPS) is 10.1. The zero-order valence-corrected chi connectivity index (χ0v) is 40.3. The molecule has 0 aliphatic carbocycles. The fraction of sp³-hybridized carbons (Fsp3) is 0.220. The summed E-state index contributed by atoms with van der Waals surface area (Å²) in [6, 6.07) is 24.8. The summed E-state index contributed by atoms with van der Waals surface area (Å²) in [5.74, 6) is 1.38. The highest BCUT2D eigenvalue weighted by Gasteiger charge is 2.15. The van der Waals surface area contributed by atoms with Gasteiger partial charge in [-0.15, -0.1) is 0 Å². The fourth-order valence-electron chi connectivity index (χ4n) is 5.47. The second kappa shape index (κ2) is 33.5. The number of hydrogen-bond donors (Lipinski definition) is 5. The molecule has 8 N–H and O–H groups in total. The molecule has 0 unspecified atom stereocenters. The Morgan fingerprint density at radius 3 is 1.25 bits per heavy atom. The van der Waals surface area contributed by atoms with Crippen molar-refractivity contribution in [2.45, 2.75) is 12.8 Å². The number of ether oxygens (including phenoxy) is 7. The van der Waals surface area contributed by atoms with Gasteiger partial charge in [0.05, 0.1) is 83.3 Å². The summed E-state index contributed by atoms with van der Waals surface area (Å²) in [5, 5.41) is 38.4. The van der Waals surface area contributed by atoms with Gasteiger partial charge in [-0.3, -0.25) is 25.0 Å². The van der Waals surface area contributed by atoms with Crippen LogP contribution in [0.5, 0.6) is 28.7 Å². The number of hydrogen-bond acceptors (Lipinski definition) is 19. The third-order valence-electron chi connectivity index (χ3n) is 9.00. The first-order valence-corrected chi connectivity index (χ1v) is 20.8. The van der Waals surface area contributed by atoms with E-state index in [-0.39, 0.29) is 41.7 Å². The number of nitrogen functional groups attached to an aromatic ring is 3. The largest absolute Gasteiger partial charge is 0.495 e. The van der Waals surface area contributed by atoms with E-state index < -0.39 is 21.8 Å². The number of carbonyl (C=O) groups excluding carboxylic acids is 3. The molecule has 5 rings (SSSR count). The van der Waals surface area contributed by atoms with Gasteiger partial charge in [0.1, 0.15) is 23.5 Å².